The largest absolute Gasteiger partial charge is 0.718 e. The van der Waals surface area contributed by atoms with Gasteiger partial charge < -0.3 is 14.3 Å². The molecule has 7 heteroatoms. The third-order valence-electron chi connectivity index (χ3n) is 2.25. The highest BCUT2D eigenvalue weighted by Crippen LogP contribution is 2.03. The van der Waals surface area contributed by atoms with Gasteiger partial charge in [0.05, 0.1) is 18.5 Å². The summed E-state index contributed by atoms with van der Waals surface area (Å²) in [5.74, 6) is 0. The van der Waals surface area contributed by atoms with Crippen molar-refractivity contribution in [2.24, 2.45) is 7.05 Å². The second-order valence-corrected chi connectivity index (χ2v) is 4.08. The fourth-order valence-corrected chi connectivity index (χ4v) is 0.915. The second-order valence-electron chi connectivity index (χ2n) is 4.08. The van der Waals surface area contributed by atoms with Crippen molar-refractivity contribution in [2.75, 3.05) is 0 Å². The van der Waals surface area contributed by atoms with Gasteiger partial charge in [-0.2, -0.15) is 0 Å². The number of hydrogen-bond acceptors (Lipinski definition) is 3. The zero-order chi connectivity index (χ0) is 15.3. The Hall–Kier alpha value is -0.945. The Labute approximate surface area is 115 Å². The van der Waals surface area contributed by atoms with E-state index in [0.29, 0.717) is 12.2 Å². The summed E-state index contributed by atoms with van der Waals surface area (Å²) in [4.78, 5) is 3.78. The van der Waals surface area contributed by atoms with Crippen LogP contribution in [0.4, 0.5) is 8.63 Å². The fourth-order valence-electron chi connectivity index (χ4n) is 0.915. The molecular formula is C12H25BF2N2O2. The number of rotatable bonds is 4. The molecule has 0 saturated carbocycles. The molecule has 1 aromatic heterocycles. The third kappa shape index (κ3) is 19.6. The average molecular weight is 278 g/mol. The molecule has 112 valence electrons. The van der Waals surface area contributed by atoms with Crippen LogP contribution in [0.2, 0.25) is 0 Å². The van der Waals surface area contributed by atoms with Gasteiger partial charge in [-0.05, 0) is 26.7 Å². The first-order chi connectivity index (χ1) is 8.83. The zero-order valence-electron chi connectivity index (χ0n) is 12.4. The van der Waals surface area contributed by atoms with Crippen molar-refractivity contribution in [2.45, 2.75) is 52.7 Å². The highest BCUT2D eigenvalue weighted by molar-refractivity contribution is 6.32. The number of aryl methyl sites for hydroxylation is 1. The Morgan fingerprint density at radius 1 is 1.26 bits per heavy atom. The topological polar surface area (TPSA) is 47.3 Å². The minimum atomic E-state index is -3.17. The first-order valence-electron chi connectivity index (χ1n) is 6.36. The van der Waals surface area contributed by atoms with Gasteiger partial charge in [0.1, 0.15) is 0 Å². The molecular weight excluding hydrogens is 253 g/mol. The van der Waals surface area contributed by atoms with Crippen LogP contribution in [0, 0.1) is 0 Å². The van der Waals surface area contributed by atoms with Gasteiger partial charge in [-0.3, -0.25) is 8.63 Å². The molecule has 0 aliphatic heterocycles. The van der Waals surface area contributed by atoms with Gasteiger partial charge in [0.25, 0.3) is 0 Å². The maximum absolute atomic E-state index is 9.89. The fraction of sp³-hybridized carbons (Fsp3) is 0.750. The smallest absolute Gasteiger partial charge is 0.395 e. The summed E-state index contributed by atoms with van der Waals surface area (Å²) in [5.41, 5.74) is 0. The minimum absolute atomic E-state index is 0.431. The molecule has 0 amide bonds. The van der Waals surface area contributed by atoms with Crippen LogP contribution in [-0.2, 0) is 11.8 Å². The number of halogens is 2. The first-order valence-corrected chi connectivity index (χ1v) is 6.36. The van der Waals surface area contributed by atoms with E-state index in [1.165, 1.54) is 0 Å². The lowest BCUT2D eigenvalue weighted by molar-refractivity contribution is 0.00511. The van der Waals surface area contributed by atoms with E-state index < -0.39 is 7.47 Å². The predicted molar refractivity (Wildman–Crippen MR) is 74.0 cm³/mol. The Kier molecular flexibility index (Phi) is 14.5. The van der Waals surface area contributed by atoms with E-state index in [1.807, 2.05) is 17.8 Å². The molecule has 1 N–H and O–H groups in total. The molecule has 0 fully saturated rings. The van der Waals surface area contributed by atoms with Crippen LogP contribution < -0.4 is 0 Å². The molecule has 4 nitrogen and oxygen atoms in total. The quantitative estimate of drug-likeness (QED) is 0.861. The molecule has 0 radical (unpaired) electrons. The van der Waals surface area contributed by atoms with Gasteiger partial charge in [0.2, 0.25) is 0 Å². The summed E-state index contributed by atoms with van der Waals surface area (Å²) < 4.78 is 27.2. The van der Waals surface area contributed by atoms with Crippen LogP contribution in [0.1, 0.15) is 40.5 Å². The molecule has 0 aliphatic rings. The lowest BCUT2D eigenvalue weighted by atomic mass is 10.3. The third-order valence-corrected chi connectivity index (χ3v) is 2.25. The molecule has 0 spiro atoms. The monoisotopic (exact) mass is 278 g/mol. The van der Waals surface area contributed by atoms with Gasteiger partial charge in [-0.1, -0.05) is 13.8 Å². The van der Waals surface area contributed by atoms with Crippen molar-refractivity contribution >= 4 is 7.47 Å². The van der Waals surface area contributed by atoms with Gasteiger partial charge >= 0.3 is 7.47 Å². The molecule has 1 rings (SSSR count). The summed E-state index contributed by atoms with van der Waals surface area (Å²) in [6.45, 7) is 8.53. The maximum Gasteiger partial charge on any atom is 0.718 e. The number of aromatic nitrogens is 2. The van der Waals surface area contributed by atoms with Gasteiger partial charge in [-0.15, -0.1) is 0 Å². The average Bonchev–Trinajstić information content (AvgIpc) is 2.80. The number of ether oxygens (including phenoxy) is 1. The Bertz CT molecular complexity index is 264. The van der Waals surface area contributed by atoms with Crippen LogP contribution in [0.15, 0.2) is 18.7 Å². The van der Waals surface area contributed by atoms with Crippen molar-refractivity contribution in [3.05, 3.63) is 18.7 Å². The van der Waals surface area contributed by atoms with Gasteiger partial charge in [-0.25, -0.2) is 4.98 Å². The van der Waals surface area contributed by atoms with Crippen molar-refractivity contribution < 1.29 is 18.4 Å². The normalized spacial score (nSPS) is 12.4. The van der Waals surface area contributed by atoms with E-state index in [0.717, 1.165) is 12.8 Å². The van der Waals surface area contributed by atoms with Crippen molar-refractivity contribution in [3.8, 4) is 0 Å². The summed E-state index contributed by atoms with van der Waals surface area (Å²) in [6.07, 6.45) is 8.48. The molecule has 0 aromatic carbocycles. The van der Waals surface area contributed by atoms with E-state index in [2.05, 4.69) is 32.7 Å². The van der Waals surface area contributed by atoms with E-state index in [9.17, 15) is 8.63 Å². The van der Waals surface area contributed by atoms with Crippen LogP contribution in [0.3, 0.4) is 0 Å². The Morgan fingerprint density at radius 3 is 1.84 bits per heavy atom. The van der Waals surface area contributed by atoms with Crippen molar-refractivity contribution in [3.63, 3.8) is 0 Å². The van der Waals surface area contributed by atoms with E-state index in [-0.39, 0.29) is 0 Å². The van der Waals surface area contributed by atoms with Crippen molar-refractivity contribution in [1.82, 2.24) is 9.55 Å². The van der Waals surface area contributed by atoms with Crippen LogP contribution >= 0.6 is 0 Å². The molecule has 1 aromatic rings. The maximum atomic E-state index is 9.89. The number of imidazole rings is 1. The molecule has 2 atom stereocenters. The first kappa shape index (κ1) is 20.4. The summed E-state index contributed by atoms with van der Waals surface area (Å²) in [7, 11) is -1.23. The number of nitrogens with zero attached hydrogens (tertiary/aromatic N) is 2. The van der Waals surface area contributed by atoms with E-state index in [4.69, 9.17) is 9.76 Å². The van der Waals surface area contributed by atoms with Gasteiger partial charge in [0.15, 0.2) is 0 Å². The highest BCUT2D eigenvalue weighted by Gasteiger charge is 2.02. The summed E-state index contributed by atoms with van der Waals surface area (Å²) >= 11 is 0. The number of hydrogen-bond donors (Lipinski definition) is 1. The van der Waals surface area contributed by atoms with E-state index in [1.54, 1.807) is 12.5 Å². The van der Waals surface area contributed by atoms with Gasteiger partial charge in [0, 0.05) is 19.4 Å². The molecule has 2 unspecified atom stereocenters. The molecule has 1 heterocycles. The Balaban J connectivity index is 0. The lowest BCUT2D eigenvalue weighted by Crippen LogP contribution is -2.14. The standard InChI is InChI=1S/C8H18O.C4H6N2.BF2HO/c1-5-7(3)9-8(4)6-2;1-6-3-2-5-4-6;2-1(3)4/h7-8H,5-6H2,1-4H3;2-4H,1H3;4H. The van der Waals surface area contributed by atoms with Crippen LogP contribution in [0.5, 0.6) is 0 Å². The van der Waals surface area contributed by atoms with Crippen LogP contribution in [0.25, 0.3) is 0 Å². The minimum Gasteiger partial charge on any atom is -0.395 e. The van der Waals surface area contributed by atoms with Crippen molar-refractivity contribution in [1.29, 1.82) is 0 Å². The Morgan fingerprint density at radius 2 is 1.68 bits per heavy atom. The zero-order valence-corrected chi connectivity index (χ0v) is 12.4. The molecule has 19 heavy (non-hydrogen) atoms. The van der Waals surface area contributed by atoms with E-state index >= 15 is 0 Å². The lowest BCUT2D eigenvalue weighted by Gasteiger charge is -2.15. The SMILES string of the molecule is CCC(C)OC(C)CC.Cn1ccnc1.OB(F)F. The molecule has 0 saturated heterocycles. The summed E-state index contributed by atoms with van der Waals surface area (Å²) in [6, 6.07) is 0. The second kappa shape index (κ2) is 13.5. The molecule has 0 bridgehead atoms. The molecule has 0 aliphatic carbocycles. The van der Waals surface area contributed by atoms with Crippen LogP contribution in [-0.4, -0.2) is 34.3 Å². The highest BCUT2D eigenvalue weighted by atomic mass is 19.2. The predicted octanol–water partition coefficient (Wildman–Crippen LogP) is 2.92. The summed E-state index contributed by atoms with van der Waals surface area (Å²) in [5, 5.41) is 6.72.